The van der Waals surface area contributed by atoms with Crippen molar-refractivity contribution in [3.8, 4) is 5.75 Å². The van der Waals surface area contributed by atoms with Crippen molar-refractivity contribution in [2.75, 3.05) is 29.3 Å². The molecule has 4 aliphatic rings. The van der Waals surface area contributed by atoms with Crippen LogP contribution in [-0.4, -0.2) is 94.0 Å². The van der Waals surface area contributed by atoms with Gasteiger partial charge in [0, 0.05) is 73.3 Å². The molecule has 5 amide bonds. The van der Waals surface area contributed by atoms with Crippen LogP contribution in [0.15, 0.2) is 42.6 Å². The van der Waals surface area contributed by atoms with Crippen LogP contribution in [0.1, 0.15) is 154 Å². The molecule has 0 bridgehead atoms. The number of hydrogen-bond donors (Lipinski definition) is 3. The molecule has 4 heterocycles. The van der Waals surface area contributed by atoms with Crippen LogP contribution in [-0.2, 0) is 36.9 Å². The molecule has 342 valence electrons. The van der Waals surface area contributed by atoms with E-state index in [9.17, 15) is 28.8 Å². The van der Waals surface area contributed by atoms with Gasteiger partial charge in [0.1, 0.15) is 29.3 Å². The molecule has 2 atom stereocenters. The number of hydrogen-bond acceptors (Lipinski definition) is 11. The number of aromatic nitrogens is 2. The summed E-state index contributed by atoms with van der Waals surface area (Å²) in [4.78, 5) is 99.9. The third-order valence-electron chi connectivity index (χ3n) is 12.8. The minimum atomic E-state index is -0.701. The molecule has 3 aromatic rings. The second kappa shape index (κ2) is 22.4. The van der Waals surface area contributed by atoms with E-state index < -0.39 is 11.9 Å². The van der Waals surface area contributed by atoms with Gasteiger partial charge in [-0.2, -0.15) is 0 Å². The van der Waals surface area contributed by atoms with Crippen LogP contribution in [0.3, 0.4) is 0 Å². The van der Waals surface area contributed by atoms with Crippen LogP contribution in [0, 0.1) is 0 Å². The predicted octanol–water partition coefficient (Wildman–Crippen LogP) is 6.76. The summed E-state index contributed by atoms with van der Waals surface area (Å²) < 4.78 is 5.75. The molecular formula is C48H61N7O9. The Labute approximate surface area is 374 Å². The molecule has 2 fully saturated rings. The summed E-state index contributed by atoms with van der Waals surface area (Å²) in [5, 5.41) is 12.2. The molecule has 1 aromatic heterocycles. The zero-order valence-electron chi connectivity index (χ0n) is 37.2. The predicted molar refractivity (Wildman–Crippen MR) is 240 cm³/mol. The van der Waals surface area contributed by atoms with Crippen LogP contribution >= 0.6 is 0 Å². The van der Waals surface area contributed by atoms with Gasteiger partial charge >= 0.3 is 0 Å². The van der Waals surface area contributed by atoms with Gasteiger partial charge in [0.25, 0.3) is 12.4 Å². The Morgan fingerprint density at radius 1 is 0.953 bits per heavy atom. The third-order valence-corrected chi connectivity index (χ3v) is 12.8. The number of imide groups is 1. The minimum absolute atomic E-state index is 0.0896. The Hall–Kier alpha value is -6.19. The highest BCUT2D eigenvalue weighted by molar-refractivity contribution is 6.07. The van der Waals surface area contributed by atoms with E-state index in [1.54, 1.807) is 43.5 Å². The van der Waals surface area contributed by atoms with Gasteiger partial charge < -0.3 is 29.9 Å². The number of carbonyl (C=O) groups is 7. The Morgan fingerprint density at radius 3 is 2.31 bits per heavy atom. The quantitative estimate of drug-likeness (QED) is 0.0494. The minimum Gasteiger partial charge on any atom is -0.496 e. The lowest BCUT2D eigenvalue weighted by Crippen LogP contribution is -2.55. The van der Waals surface area contributed by atoms with Crippen LogP contribution in [0.25, 0.3) is 0 Å². The lowest BCUT2D eigenvalue weighted by atomic mass is 10.00. The molecule has 2 aromatic carbocycles. The number of ketones is 1. The number of ether oxygens (including phenoxy) is 1. The second-order valence-corrected chi connectivity index (χ2v) is 17.0. The molecule has 1 aliphatic carbocycles. The summed E-state index contributed by atoms with van der Waals surface area (Å²) in [5.41, 5.74) is 4.03. The van der Waals surface area contributed by atoms with Crippen LogP contribution in [0.5, 0.6) is 5.75 Å². The first kappa shape index (κ1) is 47.3. The van der Waals surface area contributed by atoms with E-state index in [4.69, 9.17) is 19.6 Å². The molecule has 3 N–H and O–H groups in total. The van der Waals surface area contributed by atoms with Gasteiger partial charge in [-0.1, -0.05) is 76.5 Å². The average molecular weight is 880 g/mol. The Bertz CT molecular complexity index is 2210. The normalized spacial score (nSPS) is 18.3. The van der Waals surface area contributed by atoms with E-state index in [0.29, 0.717) is 59.3 Å². The number of rotatable bonds is 19. The summed E-state index contributed by atoms with van der Waals surface area (Å²) in [6.07, 6.45) is 16.4. The molecule has 16 heteroatoms. The molecule has 1 saturated heterocycles. The van der Waals surface area contributed by atoms with E-state index in [0.717, 1.165) is 101 Å². The monoisotopic (exact) mass is 879 g/mol. The standard InChI is InChI=1S/C47H59N7O7.CH2O2/c1-4-36-47(60)52(2)38-28-48-41(50-44(38)54(36)32-16-13-14-17-32)27-31-23-22-30(26-40(31)61-3)39(55)20-11-9-7-5-6-8-10-12-21-42(56)49-35-19-15-18-33-34(35)29-53(46(33)59)37-24-25-43(57)51-45(37)58;2-1-3/h15,18-19,22-23,26,28,32,36-37H,4-14,16-17,20-21,24-25,27,29H2,1-3H3,(H,49,56)(H,51,57,58);1H,(H,2,3)/t36-,37?;/m1./s1. The smallest absolute Gasteiger partial charge is 0.290 e. The lowest BCUT2D eigenvalue weighted by Gasteiger charge is -2.43. The van der Waals surface area contributed by atoms with Gasteiger partial charge in [-0.15, -0.1) is 0 Å². The number of nitrogens with one attached hydrogen (secondary N) is 2. The zero-order chi connectivity index (χ0) is 45.8. The average Bonchev–Trinajstić information content (AvgIpc) is 3.94. The van der Waals surface area contributed by atoms with Crippen molar-refractivity contribution in [1.29, 1.82) is 0 Å². The van der Waals surface area contributed by atoms with Crippen molar-refractivity contribution < 1.29 is 43.4 Å². The molecule has 16 nitrogen and oxygen atoms in total. The second-order valence-electron chi connectivity index (χ2n) is 17.0. The van der Waals surface area contributed by atoms with Gasteiger partial charge in [-0.25, -0.2) is 9.97 Å². The number of carbonyl (C=O) groups excluding carboxylic acids is 6. The number of amides is 5. The Morgan fingerprint density at radius 2 is 1.64 bits per heavy atom. The van der Waals surface area contributed by atoms with E-state index in [-0.39, 0.29) is 61.3 Å². The van der Waals surface area contributed by atoms with Gasteiger partial charge in [-0.3, -0.25) is 38.9 Å². The van der Waals surface area contributed by atoms with E-state index in [1.165, 1.54) is 4.90 Å². The van der Waals surface area contributed by atoms with E-state index >= 15 is 0 Å². The molecule has 64 heavy (non-hydrogen) atoms. The number of piperidine rings is 1. The summed E-state index contributed by atoms with van der Waals surface area (Å²) in [5.74, 6) is 1.13. The van der Waals surface area contributed by atoms with Crippen LogP contribution in [0.2, 0.25) is 0 Å². The number of fused-ring (bicyclic) bond motifs is 2. The summed E-state index contributed by atoms with van der Waals surface area (Å²) in [7, 11) is 3.42. The fourth-order valence-corrected chi connectivity index (χ4v) is 9.43. The molecule has 0 radical (unpaired) electrons. The number of nitrogens with zero attached hydrogens (tertiary/aromatic N) is 5. The topological polar surface area (TPSA) is 209 Å². The van der Waals surface area contributed by atoms with Gasteiger partial charge in [0.15, 0.2) is 11.6 Å². The summed E-state index contributed by atoms with van der Waals surface area (Å²) >= 11 is 0. The number of Topliss-reactive ketones (excluding diaryl/α,β-unsaturated/α-hetero) is 1. The molecule has 3 aliphatic heterocycles. The van der Waals surface area contributed by atoms with Crippen molar-refractivity contribution >= 4 is 59.0 Å². The zero-order valence-corrected chi connectivity index (χ0v) is 37.2. The Balaban J connectivity index is 0.00000220. The van der Waals surface area contributed by atoms with Crippen LogP contribution < -0.4 is 25.2 Å². The number of unbranched alkanes of at least 4 members (excludes halogenated alkanes) is 7. The van der Waals surface area contributed by atoms with Crippen molar-refractivity contribution in [2.45, 2.75) is 147 Å². The first-order valence-corrected chi connectivity index (χ1v) is 22.8. The number of carboxylic acid groups (broad SMARTS) is 1. The van der Waals surface area contributed by atoms with Crippen molar-refractivity contribution in [3.05, 3.63) is 70.7 Å². The molecule has 7 rings (SSSR count). The number of methoxy groups -OCH3 is 1. The van der Waals surface area contributed by atoms with Crippen LogP contribution in [0.4, 0.5) is 17.2 Å². The maximum Gasteiger partial charge on any atom is 0.290 e. The molecule has 1 unspecified atom stereocenters. The third kappa shape index (κ3) is 11.1. The van der Waals surface area contributed by atoms with Crippen molar-refractivity contribution in [3.63, 3.8) is 0 Å². The number of anilines is 3. The molecular weight excluding hydrogens is 819 g/mol. The van der Waals surface area contributed by atoms with Gasteiger partial charge in [-0.05, 0) is 56.7 Å². The lowest BCUT2D eigenvalue weighted by molar-refractivity contribution is -0.137. The molecule has 1 saturated carbocycles. The number of likely N-dealkylation sites (N-methyl/N-ethyl adjacent to an activating group) is 1. The highest BCUT2D eigenvalue weighted by Crippen LogP contribution is 2.40. The highest BCUT2D eigenvalue weighted by atomic mass is 16.5. The van der Waals surface area contributed by atoms with Gasteiger partial charge in [0.05, 0.1) is 13.3 Å². The maximum absolute atomic E-state index is 13.3. The Kier molecular flexibility index (Phi) is 16.6. The van der Waals surface area contributed by atoms with Crippen molar-refractivity contribution in [2.24, 2.45) is 0 Å². The summed E-state index contributed by atoms with van der Waals surface area (Å²) in [6, 6.07) is 10.2. The first-order valence-electron chi connectivity index (χ1n) is 22.8. The maximum atomic E-state index is 13.3. The first-order chi connectivity index (χ1) is 31.0. The molecule has 0 spiro atoms. The fourth-order valence-electron chi connectivity index (χ4n) is 9.43. The SMILES string of the molecule is CC[C@@H]1C(=O)N(C)c2cnc(Cc3ccc(C(=O)CCCCCCCCCCC(=O)Nc4cccc5c4CN(C4CCC(=O)NC4=O)C5=O)cc3OC)nc2N1C1CCCC1.O=CO. The largest absolute Gasteiger partial charge is 0.496 e. The number of benzene rings is 2. The fraction of sp³-hybridized carbons (Fsp3) is 0.521. The summed E-state index contributed by atoms with van der Waals surface area (Å²) in [6.45, 7) is 2.02. The van der Waals surface area contributed by atoms with Gasteiger partial charge in [0.2, 0.25) is 23.6 Å². The van der Waals surface area contributed by atoms with E-state index in [2.05, 4.69) is 27.4 Å². The van der Waals surface area contributed by atoms with E-state index in [1.807, 2.05) is 18.2 Å². The highest BCUT2D eigenvalue weighted by Gasteiger charge is 2.42. The van der Waals surface area contributed by atoms with Crippen molar-refractivity contribution in [1.82, 2.24) is 20.2 Å².